The molecule has 5 aromatic rings. The Morgan fingerprint density at radius 3 is 2.64 bits per heavy atom. The summed E-state index contributed by atoms with van der Waals surface area (Å²) >= 11 is 0. The molecule has 8 nitrogen and oxygen atoms in total. The third kappa shape index (κ3) is 4.11. The Morgan fingerprint density at radius 2 is 1.92 bits per heavy atom. The number of aliphatic hydroxyl groups excluding tert-OH is 1. The van der Waals surface area contributed by atoms with E-state index < -0.39 is 34.8 Å². The Balaban J connectivity index is 1.50. The number of nitrogens with one attached hydrogen (secondary N) is 2. The summed E-state index contributed by atoms with van der Waals surface area (Å²) in [5, 5.41) is 31.7. The molecule has 1 saturated carbocycles. The van der Waals surface area contributed by atoms with Crippen molar-refractivity contribution in [2.45, 2.75) is 32.1 Å². The fourth-order valence-electron chi connectivity index (χ4n) is 5.14. The van der Waals surface area contributed by atoms with E-state index in [2.05, 4.69) is 9.97 Å². The lowest BCUT2D eigenvalue weighted by molar-refractivity contribution is 0.0661. The van der Waals surface area contributed by atoms with Crippen LogP contribution in [0.4, 0.5) is 4.39 Å². The van der Waals surface area contributed by atoms with Crippen molar-refractivity contribution in [2.24, 2.45) is 0 Å². The average molecular weight is 529 g/mol. The second-order valence-corrected chi connectivity index (χ2v) is 9.95. The maximum Gasteiger partial charge on any atom is 0.372 e. The van der Waals surface area contributed by atoms with E-state index in [0.717, 1.165) is 24.0 Å². The summed E-state index contributed by atoms with van der Waals surface area (Å²) < 4.78 is 19.5. The number of H-pyrrole nitrogens is 2. The molecule has 9 heteroatoms. The van der Waals surface area contributed by atoms with Gasteiger partial charge in [0.05, 0.1) is 17.7 Å². The number of ketones is 1. The first-order chi connectivity index (χ1) is 18.8. The topological polar surface area (TPSA) is 140 Å². The van der Waals surface area contributed by atoms with Gasteiger partial charge in [-0.2, -0.15) is 0 Å². The summed E-state index contributed by atoms with van der Waals surface area (Å²) in [6, 6.07) is 9.56. The molecule has 0 aliphatic heterocycles. The molecule has 2 aromatic carbocycles. The van der Waals surface area contributed by atoms with Crippen molar-refractivity contribution < 1.29 is 33.7 Å². The number of fused-ring (bicyclic) bond motifs is 2. The van der Waals surface area contributed by atoms with Crippen LogP contribution in [0.1, 0.15) is 63.6 Å². The molecule has 39 heavy (non-hydrogen) atoms. The monoisotopic (exact) mass is 528 g/mol. The van der Waals surface area contributed by atoms with Crippen molar-refractivity contribution in [3.05, 3.63) is 88.4 Å². The fourth-order valence-corrected chi connectivity index (χ4v) is 5.14. The number of allylic oxidation sites excluding steroid dienone is 1. The maximum absolute atomic E-state index is 14.0. The van der Waals surface area contributed by atoms with Crippen LogP contribution in [0.25, 0.3) is 32.9 Å². The number of aromatic amines is 2. The number of aliphatic hydroxyl groups is 1. The first-order valence-electron chi connectivity index (χ1n) is 12.6. The molecule has 0 radical (unpaired) electrons. The Morgan fingerprint density at radius 1 is 1.13 bits per heavy atom. The third-order valence-corrected chi connectivity index (χ3v) is 7.27. The molecule has 198 valence electrons. The number of carbonyl (C=O) groups is 2. The van der Waals surface area contributed by atoms with E-state index in [0.29, 0.717) is 39.5 Å². The van der Waals surface area contributed by atoms with Crippen molar-refractivity contribution in [3.8, 4) is 16.9 Å². The van der Waals surface area contributed by atoms with E-state index in [1.165, 1.54) is 24.4 Å². The van der Waals surface area contributed by atoms with Gasteiger partial charge in [-0.1, -0.05) is 29.8 Å². The largest absolute Gasteiger partial charge is 0.504 e. The predicted octanol–water partition coefficient (Wildman–Crippen LogP) is 6.04. The minimum atomic E-state index is -1.44. The summed E-state index contributed by atoms with van der Waals surface area (Å²) in [6.45, 7) is 1.77. The first-order valence-corrected chi connectivity index (χ1v) is 12.6. The molecule has 0 bridgehead atoms. The molecule has 1 fully saturated rings. The zero-order valence-electron chi connectivity index (χ0n) is 21.0. The van der Waals surface area contributed by atoms with E-state index >= 15 is 0 Å². The standard InChI is InChI=1S/C30H25FN2O6/c1-14(13-34)5-6-15-3-2-4-18-20(12-32-24(15)18)26(35)29-27(36)23(28(39-29)30(37)38)22-19-10-9-17(31)11-21(19)33-25(22)16-7-8-16/h2-5,9-12,16,32-34,36H,6-8,13H2,1H3,(H,37,38). The summed E-state index contributed by atoms with van der Waals surface area (Å²) in [7, 11) is 0. The fraction of sp³-hybridized carbons (Fsp3) is 0.200. The van der Waals surface area contributed by atoms with Crippen molar-refractivity contribution in [1.29, 1.82) is 0 Å². The van der Waals surface area contributed by atoms with Gasteiger partial charge >= 0.3 is 5.97 Å². The minimum Gasteiger partial charge on any atom is -0.504 e. The van der Waals surface area contributed by atoms with Gasteiger partial charge in [-0.05, 0) is 55.9 Å². The van der Waals surface area contributed by atoms with Crippen molar-refractivity contribution in [1.82, 2.24) is 9.97 Å². The van der Waals surface area contributed by atoms with Crippen LogP contribution in [0, 0.1) is 5.82 Å². The number of benzene rings is 2. The van der Waals surface area contributed by atoms with Gasteiger partial charge in [0, 0.05) is 39.3 Å². The van der Waals surface area contributed by atoms with E-state index in [9.17, 15) is 29.3 Å². The summed E-state index contributed by atoms with van der Waals surface area (Å²) in [4.78, 5) is 32.3. The SMILES string of the molecule is CC(=CCc1cccc2c(C(=O)c3oc(C(=O)O)c(-c4c(C5CC5)[nH]c5cc(F)ccc45)c3O)c[nH]c12)CO. The zero-order chi connectivity index (χ0) is 27.4. The lowest BCUT2D eigenvalue weighted by atomic mass is 9.97. The average Bonchev–Trinajstić information content (AvgIpc) is 3.43. The highest BCUT2D eigenvalue weighted by Crippen LogP contribution is 2.51. The van der Waals surface area contributed by atoms with E-state index in [4.69, 9.17) is 4.42 Å². The molecule has 0 saturated heterocycles. The molecule has 5 N–H and O–H groups in total. The van der Waals surface area contributed by atoms with E-state index in [1.54, 1.807) is 12.1 Å². The van der Waals surface area contributed by atoms with Crippen LogP contribution >= 0.6 is 0 Å². The maximum atomic E-state index is 14.0. The Bertz CT molecular complexity index is 1820. The Labute approximate surface area is 221 Å². The smallest absolute Gasteiger partial charge is 0.372 e. The lowest BCUT2D eigenvalue weighted by Crippen LogP contribution is -1.99. The molecular weight excluding hydrogens is 503 g/mol. The van der Waals surface area contributed by atoms with Crippen LogP contribution in [0.5, 0.6) is 5.75 Å². The van der Waals surface area contributed by atoms with Gasteiger partial charge < -0.3 is 29.7 Å². The molecule has 0 spiro atoms. The number of hydrogen-bond acceptors (Lipinski definition) is 5. The highest BCUT2D eigenvalue weighted by atomic mass is 19.1. The van der Waals surface area contributed by atoms with Crippen LogP contribution in [-0.4, -0.2) is 43.6 Å². The number of halogens is 1. The van der Waals surface area contributed by atoms with Gasteiger partial charge in [0.25, 0.3) is 0 Å². The van der Waals surface area contributed by atoms with Crippen molar-refractivity contribution in [2.75, 3.05) is 6.61 Å². The van der Waals surface area contributed by atoms with Crippen molar-refractivity contribution in [3.63, 3.8) is 0 Å². The van der Waals surface area contributed by atoms with Crippen LogP contribution in [0.2, 0.25) is 0 Å². The molecule has 6 rings (SSSR count). The molecule has 1 aliphatic rings. The van der Waals surface area contributed by atoms with Gasteiger partial charge in [0.15, 0.2) is 5.75 Å². The molecule has 3 aromatic heterocycles. The van der Waals surface area contributed by atoms with Gasteiger partial charge in [-0.15, -0.1) is 0 Å². The lowest BCUT2D eigenvalue weighted by Gasteiger charge is -2.04. The summed E-state index contributed by atoms with van der Waals surface area (Å²) in [5.74, 6) is -4.09. The van der Waals surface area contributed by atoms with Crippen LogP contribution in [0.15, 0.2) is 58.7 Å². The molecule has 3 heterocycles. The third-order valence-electron chi connectivity index (χ3n) is 7.27. The van der Waals surface area contributed by atoms with Gasteiger partial charge in [-0.25, -0.2) is 9.18 Å². The number of aromatic hydroxyl groups is 1. The molecule has 0 atom stereocenters. The molecular formula is C30H25FN2O6. The molecule has 0 unspecified atom stereocenters. The van der Waals surface area contributed by atoms with Gasteiger partial charge in [0.1, 0.15) is 5.82 Å². The molecule has 1 aliphatic carbocycles. The number of rotatable bonds is 8. The highest BCUT2D eigenvalue weighted by Gasteiger charge is 2.37. The highest BCUT2D eigenvalue weighted by molar-refractivity contribution is 6.18. The predicted molar refractivity (Wildman–Crippen MR) is 143 cm³/mol. The molecule has 0 amide bonds. The second kappa shape index (κ2) is 9.28. The number of para-hydroxylation sites is 1. The second-order valence-electron chi connectivity index (χ2n) is 9.95. The van der Waals surface area contributed by atoms with E-state index in [-0.39, 0.29) is 23.7 Å². The van der Waals surface area contributed by atoms with Crippen LogP contribution in [0.3, 0.4) is 0 Å². The Hall–Kier alpha value is -4.63. The number of aromatic carboxylic acids is 1. The van der Waals surface area contributed by atoms with E-state index in [1.807, 2.05) is 19.1 Å². The van der Waals surface area contributed by atoms with Crippen LogP contribution < -0.4 is 0 Å². The quantitative estimate of drug-likeness (QED) is 0.123. The summed E-state index contributed by atoms with van der Waals surface area (Å²) in [5.41, 5.74) is 4.08. The number of carbonyl (C=O) groups excluding carboxylic acids is 1. The van der Waals surface area contributed by atoms with Crippen LogP contribution in [-0.2, 0) is 6.42 Å². The first kappa shape index (κ1) is 24.7. The number of carboxylic acid groups (broad SMARTS) is 1. The number of hydrogen-bond donors (Lipinski definition) is 5. The number of furan rings is 1. The zero-order valence-corrected chi connectivity index (χ0v) is 21.0. The van der Waals surface area contributed by atoms with Gasteiger partial charge in [0.2, 0.25) is 17.3 Å². The Kier molecular flexibility index (Phi) is 5.88. The number of aromatic nitrogens is 2. The number of carboxylic acids is 1. The summed E-state index contributed by atoms with van der Waals surface area (Å²) in [6.07, 6.45) is 5.65. The van der Waals surface area contributed by atoms with Gasteiger partial charge in [-0.3, -0.25) is 4.79 Å². The van der Waals surface area contributed by atoms with Crippen molar-refractivity contribution >= 4 is 33.6 Å². The minimum absolute atomic E-state index is 0.0513. The normalized spacial score (nSPS) is 14.0.